The van der Waals surface area contributed by atoms with Gasteiger partial charge in [0.25, 0.3) is 5.92 Å². The van der Waals surface area contributed by atoms with E-state index in [9.17, 15) is 8.78 Å². The van der Waals surface area contributed by atoms with Crippen molar-refractivity contribution in [3.63, 3.8) is 0 Å². The van der Waals surface area contributed by atoms with Gasteiger partial charge in [-0.3, -0.25) is 14.8 Å². The van der Waals surface area contributed by atoms with Crippen LogP contribution in [0.2, 0.25) is 0 Å². The standard InChI is InChI=1S/C21H28F2N4O2/c1-15-20(16(2)29-25-15)12-26-8-5-17(6-9-26)27-14-21(22,23)10-18(27)13-28-19-4-3-7-24-11-19/h3-4,7,11,17-18H,5-6,8-10,12-14H2,1-2H3/t18-/m0/s1. The number of pyridine rings is 1. The third-order valence-corrected chi connectivity index (χ3v) is 6.08. The first-order chi connectivity index (χ1) is 13.9. The zero-order chi connectivity index (χ0) is 20.4. The predicted molar refractivity (Wildman–Crippen MR) is 104 cm³/mol. The molecule has 8 heteroatoms. The van der Waals surface area contributed by atoms with E-state index in [-0.39, 0.29) is 31.7 Å². The molecule has 158 valence electrons. The van der Waals surface area contributed by atoms with Crippen molar-refractivity contribution in [2.45, 2.75) is 57.7 Å². The molecule has 2 saturated heterocycles. The van der Waals surface area contributed by atoms with Crippen LogP contribution in [0.25, 0.3) is 0 Å². The molecule has 2 aliphatic heterocycles. The van der Waals surface area contributed by atoms with Gasteiger partial charge in [0, 0.05) is 30.8 Å². The lowest BCUT2D eigenvalue weighted by atomic mass is 10.0. The van der Waals surface area contributed by atoms with Crippen LogP contribution in [0.15, 0.2) is 29.0 Å². The lowest BCUT2D eigenvalue weighted by Gasteiger charge is -2.39. The fourth-order valence-corrected chi connectivity index (χ4v) is 4.49. The second kappa shape index (κ2) is 8.36. The van der Waals surface area contributed by atoms with Gasteiger partial charge in [0.2, 0.25) is 0 Å². The Morgan fingerprint density at radius 2 is 2.07 bits per heavy atom. The fraction of sp³-hybridized carbons (Fsp3) is 0.619. The number of hydrogen-bond acceptors (Lipinski definition) is 6. The van der Waals surface area contributed by atoms with Gasteiger partial charge in [-0.15, -0.1) is 0 Å². The molecule has 29 heavy (non-hydrogen) atoms. The summed E-state index contributed by atoms with van der Waals surface area (Å²) < 4.78 is 39.4. The van der Waals surface area contributed by atoms with E-state index in [0.717, 1.165) is 49.5 Å². The third kappa shape index (κ3) is 4.75. The highest BCUT2D eigenvalue weighted by Gasteiger charge is 2.47. The molecule has 2 aromatic heterocycles. The van der Waals surface area contributed by atoms with E-state index in [1.165, 1.54) is 0 Å². The number of halogens is 2. The third-order valence-electron chi connectivity index (χ3n) is 6.08. The summed E-state index contributed by atoms with van der Waals surface area (Å²) in [6.45, 7) is 6.54. The number of ether oxygens (including phenoxy) is 1. The van der Waals surface area contributed by atoms with E-state index in [1.807, 2.05) is 18.7 Å². The summed E-state index contributed by atoms with van der Waals surface area (Å²) in [5.41, 5.74) is 2.07. The maximum absolute atomic E-state index is 14.2. The van der Waals surface area contributed by atoms with E-state index in [1.54, 1.807) is 24.5 Å². The van der Waals surface area contributed by atoms with Crippen LogP contribution in [-0.4, -0.2) is 64.2 Å². The number of likely N-dealkylation sites (tertiary alicyclic amines) is 2. The molecule has 0 aromatic carbocycles. The molecule has 4 rings (SSSR count). The second-order valence-electron chi connectivity index (χ2n) is 8.20. The van der Waals surface area contributed by atoms with Crippen LogP contribution < -0.4 is 4.74 Å². The molecule has 2 aliphatic rings. The summed E-state index contributed by atoms with van der Waals surface area (Å²) in [6.07, 6.45) is 4.89. The molecule has 0 bridgehead atoms. The Labute approximate surface area is 169 Å². The van der Waals surface area contributed by atoms with Crippen molar-refractivity contribution < 1.29 is 18.0 Å². The fourth-order valence-electron chi connectivity index (χ4n) is 4.49. The van der Waals surface area contributed by atoms with Crippen molar-refractivity contribution in [3.8, 4) is 5.75 Å². The molecule has 6 nitrogen and oxygen atoms in total. The van der Waals surface area contributed by atoms with Gasteiger partial charge in [-0.1, -0.05) is 5.16 Å². The van der Waals surface area contributed by atoms with Crippen LogP contribution in [0.3, 0.4) is 0 Å². The van der Waals surface area contributed by atoms with Gasteiger partial charge in [0.1, 0.15) is 18.1 Å². The Morgan fingerprint density at radius 1 is 1.28 bits per heavy atom. The van der Waals surface area contributed by atoms with Crippen molar-refractivity contribution in [3.05, 3.63) is 41.5 Å². The molecule has 1 atom stereocenters. The van der Waals surface area contributed by atoms with E-state index in [4.69, 9.17) is 9.26 Å². The van der Waals surface area contributed by atoms with E-state index < -0.39 is 5.92 Å². The van der Waals surface area contributed by atoms with Crippen molar-refractivity contribution in [2.24, 2.45) is 0 Å². The number of aromatic nitrogens is 2. The molecule has 0 N–H and O–H groups in total. The molecular weight excluding hydrogens is 378 g/mol. The number of nitrogens with zero attached hydrogens (tertiary/aromatic N) is 4. The largest absolute Gasteiger partial charge is 0.490 e. The molecule has 0 radical (unpaired) electrons. The van der Waals surface area contributed by atoms with Gasteiger partial charge in [0.15, 0.2) is 0 Å². The maximum Gasteiger partial charge on any atom is 0.262 e. The molecular formula is C21H28F2N4O2. The van der Waals surface area contributed by atoms with Crippen LogP contribution in [-0.2, 0) is 6.54 Å². The minimum absolute atomic E-state index is 0.146. The Kier molecular flexibility index (Phi) is 5.83. The Hall–Kier alpha value is -2.06. The minimum atomic E-state index is -2.66. The Balaban J connectivity index is 1.34. The SMILES string of the molecule is Cc1noc(C)c1CN1CCC(N2CC(F)(F)C[C@H]2COc2cccnc2)CC1. The monoisotopic (exact) mass is 406 g/mol. The number of aryl methyl sites for hydroxylation is 2. The quantitative estimate of drug-likeness (QED) is 0.733. The van der Waals surface area contributed by atoms with Crippen LogP contribution in [0.4, 0.5) is 8.78 Å². The molecule has 0 saturated carbocycles. The van der Waals surface area contributed by atoms with E-state index >= 15 is 0 Å². The summed E-state index contributed by atoms with van der Waals surface area (Å²) in [5, 5.41) is 4.02. The molecule has 0 spiro atoms. The average Bonchev–Trinajstić information content (AvgIpc) is 3.20. The van der Waals surface area contributed by atoms with Crippen LogP contribution in [0.5, 0.6) is 5.75 Å². The van der Waals surface area contributed by atoms with Crippen LogP contribution >= 0.6 is 0 Å². The second-order valence-corrected chi connectivity index (χ2v) is 8.20. The van der Waals surface area contributed by atoms with E-state index in [0.29, 0.717) is 5.75 Å². The lowest BCUT2D eigenvalue weighted by Crippen LogP contribution is -2.48. The summed E-state index contributed by atoms with van der Waals surface area (Å²) >= 11 is 0. The van der Waals surface area contributed by atoms with Gasteiger partial charge in [-0.25, -0.2) is 8.78 Å². The van der Waals surface area contributed by atoms with Gasteiger partial charge >= 0.3 is 0 Å². The number of alkyl halides is 2. The molecule has 0 unspecified atom stereocenters. The highest BCUT2D eigenvalue weighted by molar-refractivity contribution is 5.20. The Bertz CT molecular complexity index is 787. The average molecular weight is 406 g/mol. The van der Waals surface area contributed by atoms with Gasteiger partial charge < -0.3 is 9.26 Å². The first-order valence-corrected chi connectivity index (χ1v) is 10.2. The van der Waals surface area contributed by atoms with Gasteiger partial charge in [0.05, 0.1) is 24.5 Å². The minimum Gasteiger partial charge on any atom is -0.490 e. The van der Waals surface area contributed by atoms with Crippen LogP contribution in [0, 0.1) is 13.8 Å². The smallest absolute Gasteiger partial charge is 0.262 e. The Morgan fingerprint density at radius 3 is 2.72 bits per heavy atom. The zero-order valence-electron chi connectivity index (χ0n) is 17.0. The summed E-state index contributed by atoms with van der Waals surface area (Å²) in [6, 6.07) is 3.47. The molecule has 0 aliphatic carbocycles. The van der Waals surface area contributed by atoms with Crippen molar-refractivity contribution in [1.29, 1.82) is 0 Å². The van der Waals surface area contributed by atoms with Gasteiger partial charge in [-0.05, 0) is 51.9 Å². The topological polar surface area (TPSA) is 54.6 Å². The molecule has 0 amide bonds. The number of piperidine rings is 1. The van der Waals surface area contributed by atoms with Crippen molar-refractivity contribution in [2.75, 3.05) is 26.2 Å². The van der Waals surface area contributed by atoms with Crippen LogP contribution in [0.1, 0.15) is 36.3 Å². The number of rotatable bonds is 6. The zero-order valence-corrected chi connectivity index (χ0v) is 17.0. The number of hydrogen-bond donors (Lipinski definition) is 0. The predicted octanol–water partition coefficient (Wildman–Crippen LogP) is 3.44. The summed E-state index contributed by atoms with van der Waals surface area (Å²) in [7, 11) is 0. The van der Waals surface area contributed by atoms with Gasteiger partial charge in [-0.2, -0.15) is 0 Å². The molecule has 2 fully saturated rings. The maximum atomic E-state index is 14.2. The first-order valence-electron chi connectivity index (χ1n) is 10.2. The molecule has 4 heterocycles. The van der Waals surface area contributed by atoms with E-state index in [2.05, 4.69) is 15.0 Å². The van der Waals surface area contributed by atoms with Crippen molar-refractivity contribution >= 4 is 0 Å². The first kappa shape index (κ1) is 20.2. The summed E-state index contributed by atoms with van der Waals surface area (Å²) in [4.78, 5) is 8.35. The highest BCUT2D eigenvalue weighted by atomic mass is 19.3. The normalized spacial score (nSPS) is 23.5. The molecule has 2 aromatic rings. The van der Waals surface area contributed by atoms with Crippen molar-refractivity contribution in [1.82, 2.24) is 19.9 Å². The highest BCUT2D eigenvalue weighted by Crippen LogP contribution is 2.36. The lowest BCUT2D eigenvalue weighted by molar-refractivity contribution is 0.00267. The summed E-state index contributed by atoms with van der Waals surface area (Å²) in [5.74, 6) is -1.18.